The van der Waals surface area contributed by atoms with Crippen LogP contribution in [0.1, 0.15) is 5.56 Å². The van der Waals surface area contributed by atoms with E-state index >= 15 is 0 Å². The van der Waals surface area contributed by atoms with Crippen LogP contribution in [0.25, 0.3) is 0 Å². The highest BCUT2D eigenvalue weighted by Gasteiger charge is 2.09. The second kappa shape index (κ2) is 5.11. The van der Waals surface area contributed by atoms with Crippen molar-refractivity contribution in [1.29, 1.82) is 0 Å². The summed E-state index contributed by atoms with van der Waals surface area (Å²) in [5, 5.41) is 2.83. The van der Waals surface area contributed by atoms with E-state index in [0.29, 0.717) is 13.1 Å². The molecule has 0 aromatic carbocycles. The van der Waals surface area contributed by atoms with Crippen LogP contribution in [0.3, 0.4) is 0 Å². The standard InChI is InChI=1S/C12H13N3O/c16-12(15-7-2-1-3-8-15)14-10-11-5-4-6-13-9-11/h1-7,9H,8,10H2,(H,14,16). The molecule has 0 aliphatic carbocycles. The molecule has 0 atom stereocenters. The highest BCUT2D eigenvalue weighted by atomic mass is 16.2. The molecule has 1 aromatic heterocycles. The third-order valence-electron chi connectivity index (χ3n) is 2.24. The summed E-state index contributed by atoms with van der Waals surface area (Å²) in [7, 11) is 0. The fraction of sp³-hybridized carbons (Fsp3) is 0.167. The van der Waals surface area contributed by atoms with Gasteiger partial charge in [-0.15, -0.1) is 0 Å². The zero-order chi connectivity index (χ0) is 11.2. The van der Waals surface area contributed by atoms with Crippen LogP contribution < -0.4 is 5.32 Å². The lowest BCUT2D eigenvalue weighted by Gasteiger charge is -2.18. The Bertz CT molecular complexity index is 412. The zero-order valence-corrected chi connectivity index (χ0v) is 8.84. The van der Waals surface area contributed by atoms with E-state index in [-0.39, 0.29) is 6.03 Å². The van der Waals surface area contributed by atoms with Crippen molar-refractivity contribution in [2.45, 2.75) is 6.54 Å². The number of amides is 2. The van der Waals surface area contributed by atoms with Gasteiger partial charge >= 0.3 is 6.03 Å². The number of carbonyl (C=O) groups excluding carboxylic acids is 1. The lowest BCUT2D eigenvalue weighted by molar-refractivity contribution is 0.218. The molecule has 0 unspecified atom stereocenters. The number of aromatic nitrogens is 1. The summed E-state index contributed by atoms with van der Waals surface area (Å²) in [5.41, 5.74) is 0.993. The van der Waals surface area contributed by atoms with Crippen molar-refractivity contribution in [3.05, 3.63) is 54.5 Å². The maximum atomic E-state index is 11.7. The van der Waals surface area contributed by atoms with E-state index in [4.69, 9.17) is 0 Å². The summed E-state index contributed by atoms with van der Waals surface area (Å²) >= 11 is 0. The Morgan fingerprint density at radius 1 is 1.50 bits per heavy atom. The number of hydrogen-bond donors (Lipinski definition) is 1. The normalized spacial score (nSPS) is 13.9. The Kier molecular flexibility index (Phi) is 3.33. The molecule has 82 valence electrons. The van der Waals surface area contributed by atoms with Crippen molar-refractivity contribution >= 4 is 6.03 Å². The van der Waals surface area contributed by atoms with Gasteiger partial charge in [-0.1, -0.05) is 18.2 Å². The topological polar surface area (TPSA) is 45.2 Å². The second-order valence-electron chi connectivity index (χ2n) is 3.44. The predicted molar refractivity (Wildman–Crippen MR) is 61.5 cm³/mol. The van der Waals surface area contributed by atoms with E-state index in [9.17, 15) is 4.79 Å². The Labute approximate surface area is 94.3 Å². The number of rotatable bonds is 2. The van der Waals surface area contributed by atoms with Gasteiger partial charge in [0.05, 0.1) is 0 Å². The number of hydrogen-bond acceptors (Lipinski definition) is 2. The largest absolute Gasteiger partial charge is 0.334 e. The van der Waals surface area contributed by atoms with Crippen molar-refractivity contribution in [1.82, 2.24) is 15.2 Å². The van der Waals surface area contributed by atoms with Crippen LogP contribution in [-0.4, -0.2) is 22.5 Å². The molecule has 1 aromatic rings. The SMILES string of the molecule is O=C(NCc1cccnc1)N1C=CC=CC1. The molecule has 0 spiro atoms. The van der Waals surface area contributed by atoms with Gasteiger partial charge in [0.1, 0.15) is 0 Å². The van der Waals surface area contributed by atoms with Crippen LogP contribution in [0.2, 0.25) is 0 Å². The molecule has 2 heterocycles. The van der Waals surface area contributed by atoms with E-state index in [2.05, 4.69) is 10.3 Å². The van der Waals surface area contributed by atoms with Crippen molar-refractivity contribution in [3.8, 4) is 0 Å². The molecule has 16 heavy (non-hydrogen) atoms. The fourth-order valence-electron chi connectivity index (χ4n) is 1.40. The second-order valence-corrected chi connectivity index (χ2v) is 3.44. The van der Waals surface area contributed by atoms with Gasteiger partial charge < -0.3 is 5.32 Å². The molecule has 1 aliphatic heterocycles. The Hall–Kier alpha value is -2.10. The molecule has 0 bridgehead atoms. The fourth-order valence-corrected chi connectivity index (χ4v) is 1.40. The number of nitrogens with one attached hydrogen (secondary N) is 1. The van der Waals surface area contributed by atoms with Crippen LogP contribution in [0, 0.1) is 0 Å². The first-order chi connectivity index (χ1) is 7.86. The molecule has 0 radical (unpaired) electrons. The van der Waals surface area contributed by atoms with Gasteiger partial charge in [0, 0.05) is 31.7 Å². The zero-order valence-electron chi connectivity index (χ0n) is 8.84. The Morgan fingerprint density at radius 3 is 3.12 bits per heavy atom. The van der Waals surface area contributed by atoms with Gasteiger partial charge in [0.25, 0.3) is 0 Å². The van der Waals surface area contributed by atoms with Gasteiger partial charge in [-0.05, 0) is 17.7 Å². The minimum Gasteiger partial charge on any atom is -0.334 e. The summed E-state index contributed by atoms with van der Waals surface area (Å²) in [4.78, 5) is 17.3. The minimum atomic E-state index is -0.0931. The van der Waals surface area contributed by atoms with Crippen molar-refractivity contribution < 1.29 is 4.79 Å². The Morgan fingerprint density at radius 2 is 2.44 bits per heavy atom. The monoisotopic (exact) mass is 215 g/mol. The predicted octanol–water partition coefficient (Wildman–Crippen LogP) is 1.68. The molecule has 1 aliphatic rings. The average molecular weight is 215 g/mol. The first-order valence-corrected chi connectivity index (χ1v) is 5.13. The lowest BCUT2D eigenvalue weighted by Crippen LogP contribution is -2.36. The van der Waals surface area contributed by atoms with Crippen LogP contribution in [0.15, 0.2) is 49.0 Å². The molecular weight excluding hydrogens is 202 g/mol. The van der Waals surface area contributed by atoms with Crippen LogP contribution in [-0.2, 0) is 6.54 Å². The van der Waals surface area contributed by atoms with Gasteiger partial charge in [0.2, 0.25) is 0 Å². The van der Waals surface area contributed by atoms with E-state index in [1.807, 2.05) is 30.4 Å². The molecule has 1 N–H and O–H groups in total. The molecule has 4 nitrogen and oxygen atoms in total. The summed E-state index contributed by atoms with van der Waals surface area (Å²) in [5.74, 6) is 0. The first-order valence-electron chi connectivity index (χ1n) is 5.13. The van der Waals surface area contributed by atoms with E-state index in [1.165, 1.54) is 0 Å². The third-order valence-corrected chi connectivity index (χ3v) is 2.24. The summed E-state index contributed by atoms with van der Waals surface area (Å²) in [6.07, 6.45) is 10.9. The number of nitrogens with zero attached hydrogens (tertiary/aromatic N) is 2. The third kappa shape index (κ3) is 2.70. The molecule has 0 fully saturated rings. The van der Waals surface area contributed by atoms with Crippen molar-refractivity contribution in [3.63, 3.8) is 0 Å². The molecule has 4 heteroatoms. The van der Waals surface area contributed by atoms with E-state index < -0.39 is 0 Å². The van der Waals surface area contributed by atoms with E-state index in [1.54, 1.807) is 23.5 Å². The van der Waals surface area contributed by atoms with Crippen LogP contribution >= 0.6 is 0 Å². The maximum Gasteiger partial charge on any atom is 0.321 e. The highest BCUT2D eigenvalue weighted by Crippen LogP contribution is 2.00. The summed E-state index contributed by atoms with van der Waals surface area (Å²) in [6.45, 7) is 1.12. The smallest absolute Gasteiger partial charge is 0.321 e. The van der Waals surface area contributed by atoms with Gasteiger partial charge in [-0.2, -0.15) is 0 Å². The van der Waals surface area contributed by atoms with E-state index in [0.717, 1.165) is 5.56 Å². The molecule has 2 amide bonds. The van der Waals surface area contributed by atoms with Gasteiger partial charge in [-0.3, -0.25) is 9.88 Å². The number of urea groups is 1. The Balaban J connectivity index is 1.84. The van der Waals surface area contributed by atoms with Crippen molar-refractivity contribution in [2.75, 3.05) is 6.54 Å². The number of allylic oxidation sites excluding steroid dienone is 2. The van der Waals surface area contributed by atoms with Gasteiger partial charge in [-0.25, -0.2) is 4.79 Å². The molecule has 2 rings (SSSR count). The van der Waals surface area contributed by atoms with Crippen LogP contribution in [0.4, 0.5) is 4.79 Å². The lowest BCUT2D eigenvalue weighted by atomic mass is 10.3. The highest BCUT2D eigenvalue weighted by molar-refractivity contribution is 5.75. The maximum absolute atomic E-state index is 11.7. The summed E-state index contributed by atoms with van der Waals surface area (Å²) in [6, 6.07) is 3.69. The number of carbonyl (C=O) groups is 1. The van der Waals surface area contributed by atoms with Crippen LogP contribution in [0.5, 0.6) is 0 Å². The molecule has 0 saturated carbocycles. The number of pyridine rings is 1. The minimum absolute atomic E-state index is 0.0931. The van der Waals surface area contributed by atoms with Gasteiger partial charge in [0.15, 0.2) is 0 Å². The molecular formula is C12H13N3O. The van der Waals surface area contributed by atoms with Crippen molar-refractivity contribution in [2.24, 2.45) is 0 Å². The quantitative estimate of drug-likeness (QED) is 0.815. The molecule has 0 saturated heterocycles. The first kappa shape index (κ1) is 10.4. The average Bonchev–Trinajstić information content (AvgIpc) is 2.38. The summed E-state index contributed by atoms with van der Waals surface area (Å²) < 4.78 is 0.